The topological polar surface area (TPSA) is 139 Å². The van der Waals surface area contributed by atoms with Gasteiger partial charge in [0.2, 0.25) is 0 Å². The zero-order valence-corrected chi connectivity index (χ0v) is 47.1. The van der Waals surface area contributed by atoms with Crippen LogP contribution in [0.2, 0.25) is 59.5 Å². The molecule has 12 nitrogen and oxygen atoms in total. The molecule has 4 aliphatic rings. The van der Waals surface area contributed by atoms with Crippen molar-refractivity contribution in [2.24, 2.45) is 5.73 Å². The van der Waals surface area contributed by atoms with Crippen molar-refractivity contribution in [3.63, 3.8) is 0 Å². The van der Waals surface area contributed by atoms with E-state index in [1.54, 1.807) is 19.2 Å². The first kappa shape index (κ1) is 55.9. The summed E-state index contributed by atoms with van der Waals surface area (Å²) in [5.41, 5.74) is 9.77. The molecule has 68 heavy (non-hydrogen) atoms. The summed E-state index contributed by atoms with van der Waals surface area (Å²) in [5.74, 6) is 10.6. The zero-order valence-electron chi connectivity index (χ0n) is 43.3. The average molecular weight is 1010 g/mol. The van der Waals surface area contributed by atoms with Gasteiger partial charge in [0, 0.05) is 5.57 Å². The van der Waals surface area contributed by atoms with Gasteiger partial charge in [0.1, 0.15) is 45.5 Å². The largest absolute Gasteiger partial charge is 0.497 e. The lowest BCUT2D eigenvalue weighted by atomic mass is 9.90. The number of aromatic nitrogens is 1. The summed E-state index contributed by atoms with van der Waals surface area (Å²) in [6, 6.07) is 15.7. The Morgan fingerprint density at radius 2 is 1.63 bits per heavy atom. The number of nitrogens with zero attached hydrogens (tertiary/aromatic N) is 1. The third-order valence-electron chi connectivity index (χ3n) is 14.9. The Labute approximate surface area is 415 Å². The van der Waals surface area contributed by atoms with Crippen LogP contribution in [0.5, 0.6) is 11.5 Å². The van der Waals surface area contributed by atoms with Crippen molar-refractivity contribution in [2.75, 3.05) is 27.1 Å². The Hall–Kier alpha value is -3.04. The van der Waals surface area contributed by atoms with Gasteiger partial charge >= 0.3 is 5.97 Å². The molecule has 2 aromatic rings. The van der Waals surface area contributed by atoms with Gasteiger partial charge in [-0.15, -0.1) is 11.5 Å². The van der Waals surface area contributed by atoms with E-state index in [1.165, 1.54) is 0 Å². The number of carbonyl (C=O) groups is 1. The van der Waals surface area contributed by atoms with Gasteiger partial charge in [-0.3, -0.25) is 4.79 Å². The Morgan fingerprint density at radius 1 is 0.971 bits per heavy atom. The summed E-state index contributed by atoms with van der Waals surface area (Å²) in [4.78, 5) is 18.5. The molecule has 376 valence electrons. The zero-order chi connectivity index (χ0) is 50.2. The van der Waals surface area contributed by atoms with Crippen molar-refractivity contribution in [3.05, 3.63) is 64.5 Å². The lowest BCUT2D eigenvalue weighted by molar-refractivity contribution is -0.173. The number of hydrogen-bond donors (Lipinski definition) is 1. The lowest BCUT2D eigenvalue weighted by Gasteiger charge is -2.44. The van der Waals surface area contributed by atoms with Gasteiger partial charge in [0.05, 0.1) is 44.9 Å². The van der Waals surface area contributed by atoms with E-state index >= 15 is 0 Å². The molecule has 1 saturated heterocycles. The van der Waals surface area contributed by atoms with Crippen molar-refractivity contribution < 1.29 is 46.8 Å². The molecule has 4 bridgehead atoms. The summed E-state index contributed by atoms with van der Waals surface area (Å²) in [6.07, 6.45) is -0.436. The van der Waals surface area contributed by atoms with E-state index in [9.17, 15) is 4.79 Å². The maximum atomic E-state index is 13.9. The van der Waals surface area contributed by atoms with Crippen LogP contribution in [0.3, 0.4) is 0 Å². The van der Waals surface area contributed by atoms with E-state index in [0.717, 1.165) is 47.6 Å². The quantitative estimate of drug-likeness (QED) is 0.0403. The summed E-state index contributed by atoms with van der Waals surface area (Å²) >= 11 is 6.89. The fraction of sp³-hybridized carbons (Fsp3) is 0.654. The summed E-state index contributed by atoms with van der Waals surface area (Å²) in [6.45, 7) is 28.1. The normalized spacial score (nSPS) is 25.4. The summed E-state index contributed by atoms with van der Waals surface area (Å²) in [7, 11) is -5.48. The minimum Gasteiger partial charge on any atom is -0.497 e. The Kier molecular flexibility index (Phi) is 18.9. The van der Waals surface area contributed by atoms with E-state index in [0.29, 0.717) is 17.0 Å². The maximum absolute atomic E-state index is 13.9. The molecule has 6 atom stereocenters. The van der Waals surface area contributed by atoms with Crippen LogP contribution < -0.4 is 15.2 Å². The Bertz CT molecular complexity index is 2170. The molecule has 0 radical (unpaired) electrons. The number of methoxy groups -OCH3 is 1. The van der Waals surface area contributed by atoms with Crippen molar-refractivity contribution in [1.82, 2.24) is 4.98 Å². The number of halogens is 1. The molecule has 1 aliphatic carbocycles. The number of carbonyl (C=O) groups excluding carboxylic acids is 1. The van der Waals surface area contributed by atoms with Crippen LogP contribution in [0.4, 0.5) is 0 Å². The molecule has 6 rings (SSSR count). The van der Waals surface area contributed by atoms with Gasteiger partial charge in [-0.05, 0) is 104 Å². The van der Waals surface area contributed by atoms with Gasteiger partial charge < -0.3 is 47.7 Å². The van der Waals surface area contributed by atoms with Crippen molar-refractivity contribution in [3.8, 4) is 34.8 Å². The van der Waals surface area contributed by atoms with Crippen molar-refractivity contribution in [2.45, 2.75) is 191 Å². The molecular formula is C52H79ClN2O10Si3. The minimum absolute atomic E-state index is 0.0903. The first-order valence-corrected chi connectivity index (χ1v) is 33.0. The van der Waals surface area contributed by atoms with Gasteiger partial charge in [-0.25, -0.2) is 4.98 Å². The standard InChI is InChI=1S/C52H79ClN2O10Si3/c1-15-67(16-2,17-3)31-21-29-51(65-68(18-4,19-5)20-6)30-28-39-32-44(47(63-66(13,14)49(7,8)9)52(39)36-61-50(10,11)64-52)62-43-27-26-42(55-48(43)53)41(54)33-46(56)59-35-45(51)60-37-58-34-38-22-24-40(57-12)25-23-38/h22-27,32,41,44-45,47H,15-20,29,33-37,54H2,1-14H3/t41-,44+,45-,47-,51-,52+/m1/s1. The predicted molar refractivity (Wildman–Crippen MR) is 276 cm³/mol. The first-order valence-electron chi connectivity index (χ1n) is 24.6. The monoisotopic (exact) mass is 1010 g/mol. The predicted octanol–water partition coefficient (Wildman–Crippen LogP) is 11.1. The maximum Gasteiger partial charge on any atom is 0.307 e. The average Bonchev–Trinajstić information content (AvgIpc) is 3.78. The number of pyridine rings is 1. The molecular weight excluding hydrogens is 932 g/mol. The summed E-state index contributed by atoms with van der Waals surface area (Å²) in [5, 5.41) is -0.0819. The van der Waals surface area contributed by atoms with Crippen LogP contribution in [-0.4, -0.2) is 98.1 Å². The molecule has 1 aromatic carbocycles. The smallest absolute Gasteiger partial charge is 0.307 e. The van der Waals surface area contributed by atoms with Crippen molar-refractivity contribution >= 4 is 42.3 Å². The second-order valence-electron chi connectivity index (χ2n) is 20.4. The molecule has 1 aromatic heterocycles. The lowest BCUT2D eigenvalue weighted by Crippen LogP contribution is -2.57. The fourth-order valence-corrected chi connectivity index (χ4v) is 15.7. The number of benzene rings is 1. The highest BCUT2D eigenvalue weighted by Gasteiger charge is 2.62. The molecule has 4 heterocycles. The van der Waals surface area contributed by atoms with Crippen LogP contribution in [0.15, 0.2) is 48.0 Å². The van der Waals surface area contributed by atoms with Crippen LogP contribution in [0.1, 0.15) is 106 Å². The minimum atomic E-state index is -2.59. The third-order valence-corrected chi connectivity index (χ3v) is 29.0. The van der Waals surface area contributed by atoms with E-state index in [1.807, 2.05) is 44.2 Å². The molecule has 3 aliphatic heterocycles. The van der Waals surface area contributed by atoms with E-state index in [2.05, 4.69) is 104 Å². The highest BCUT2D eigenvalue weighted by Crippen LogP contribution is 2.50. The second-order valence-corrected chi connectivity index (χ2v) is 35.2. The highest BCUT2D eigenvalue weighted by molar-refractivity contribution is 6.87. The number of ether oxygens (including phenoxy) is 7. The van der Waals surface area contributed by atoms with Crippen LogP contribution in [0.25, 0.3) is 0 Å². The van der Waals surface area contributed by atoms with Gasteiger partial charge in [0.15, 0.2) is 44.5 Å². The molecule has 0 saturated carbocycles. The number of fused-ring (bicyclic) bond motifs is 9. The van der Waals surface area contributed by atoms with Gasteiger partial charge in [-0.1, -0.05) is 97.9 Å². The SMILES string of the molecule is CC[Si](C#CC[C@@]1(O[Si](CC)(CC)CC)C#CC2=C[C@H](Oc3ccc(nc3Cl)[C@H](N)CC(=O)OC[C@H]1OCOCc1ccc(OC)cc1)[C@@H](O[Si](C)(C)C(C)(C)C)[C@]21COC(C)(C)O1)(CC)CC. The number of esters is 1. The number of rotatable bonds is 17. The second kappa shape index (κ2) is 23.0. The molecule has 2 N–H and O–H groups in total. The first-order chi connectivity index (χ1) is 32.0. The third kappa shape index (κ3) is 12.9. The highest BCUT2D eigenvalue weighted by atomic mass is 35.5. The van der Waals surface area contributed by atoms with Crippen LogP contribution in [-0.2, 0) is 43.9 Å². The van der Waals surface area contributed by atoms with Crippen molar-refractivity contribution in [1.29, 1.82) is 0 Å². The van der Waals surface area contributed by atoms with Gasteiger partial charge in [-0.2, -0.15) is 0 Å². The Balaban J connectivity index is 1.80. The summed E-state index contributed by atoms with van der Waals surface area (Å²) < 4.78 is 60.1. The van der Waals surface area contributed by atoms with E-state index in [-0.39, 0.29) is 49.6 Å². The van der Waals surface area contributed by atoms with E-state index in [4.69, 9.17) is 59.3 Å². The molecule has 0 unspecified atom stereocenters. The molecule has 1 fully saturated rings. The van der Waals surface area contributed by atoms with Crippen LogP contribution >= 0.6 is 11.6 Å². The Morgan fingerprint density at radius 3 is 2.19 bits per heavy atom. The van der Waals surface area contributed by atoms with Crippen LogP contribution in [0, 0.1) is 23.3 Å². The molecule has 1 spiro atoms. The number of nitrogens with two attached hydrogens (primary N) is 1. The number of hydrogen-bond acceptors (Lipinski definition) is 12. The fourth-order valence-electron chi connectivity index (χ4n) is 8.75. The molecule has 0 amide bonds. The van der Waals surface area contributed by atoms with Gasteiger partial charge in [0.25, 0.3) is 0 Å². The van der Waals surface area contributed by atoms with E-state index < -0.39 is 72.0 Å². The molecule has 16 heteroatoms.